The monoisotopic (exact) mass is 268 g/mol. The van der Waals surface area contributed by atoms with Crippen molar-refractivity contribution in [2.75, 3.05) is 0 Å². The van der Waals surface area contributed by atoms with Gasteiger partial charge in [-0.1, -0.05) is 81.6 Å². The normalized spacial score (nSPS) is 16.7. The highest BCUT2D eigenvalue weighted by molar-refractivity contribution is 4.81. The molecule has 0 heteroatoms. The van der Waals surface area contributed by atoms with Crippen molar-refractivity contribution in [1.82, 2.24) is 0 Å². The van der Waals surface area contributed by atoms with Gasteiger partial charge in [-0.2, -0.15) is 0 Å². The van der Waals surface area contributed by atoms with Crippen molar-refractivity contribution in [3.63, 3.8) is 0 Å². The van der Waals surface area contributed by atoms with Crippen molar-refractivity contribution in [1.29, 1.82) is 0 Å². The summed E-state index contributed by atoms with van der Waals surface area (Å²) in [6.45, 7) is 21.6. The lowest BCUT2D eigenvalue weighted by Gasteiger charge is -2.38. The Morgan fingerprint density at radius 3 is 1.63 bits per heavy atom. The van der Waals surface area contributed by atoms with Crippen LogP contribution in [0.1, 0.15) is 94.4 Å². The number of rotatable bonds is 8. The van der Waals surface area contributed by atoms with Crippen molar-refractivity contribution >= 4 is 0 Å². The van der Waals surface area contributed by atoms with Crippen LogP contribution in [-0.2, 0) is 0 Å². The first kappa shape index (κ1) is 19.0. The molecule has 2 atom stereocenters. The molecule has 0 aliphatic rings. The van der Waals surface area contributed by atoms with Gasteiger partial charge in [0.15, 0.2) is 0 Å². The summed E-state index contributed by atoms with van der Waals surface area (Å²) in [7, 11) is 0. The predicted molar refractivity (Wildman–Crippen MR) is 89.5 cm³/mol. The van der Waals surface area contributed by atoms with Crippen molar-refractivity contribution in [3.8, 4) is 0 Å². The fourth-order valence-electron chi connectivity index (χ4n) is 3.32. The van der Waals surface area contributed by atoms with Crippen molar-refractivity contribution in [2.24, 2.45) is 28.6 Å². The average molecular weight is 269 g/mol. The van der Waals surface area contributed by atoms with E-state index in [1.807, 2.05) is 0 Å². The molecule has 0 aliphatic heterocycles. The van der Waals surface area contributed by atoms with Gasteiger partial charge < -0.3 is 0 Å². The molecule has 0 N–H and O–H groups in total. The van der Waals surface area contributed by atoms with Crippen LogP contribution in [0.15, 0.2) is 0 Å². The molecule has 0 amide bonds. The summed E-state index contributed by atoms with van der Waals surface area (Å²) < 4.78 is 0. The second kappa shape index (κ2) is 7.70. The Kier molecular flexibility index (Phi) is 7.70. The molecular weight excluding hydrogens is 228 g/mol. The van der Waals surface area contributed by atoms with E-state index in [0.717, 1.165) is 17.8 Å². The van der Waals surface area contributed by atoms with Crippen LogP contribution < -0.4 is 0 Å². The molecule has 0 aromatic rings. The second-order valence-corrected chi connectivity index (χ2v) is 8.37. The maximum Gasteiger partial charge on any atom is -0.0280 e. The Balaban J connectivity index is 4.38. The maximum absolute atomic E-state index is 2.46. The van der Waals surface area contributed by atoms with E-state index in [2.05, 4.69) is 62.3 Å². The first-order valence-corrected chi connectivity index (χ1v) is 8.59. The number of hydrogen-bond donors (Lipinski definition) is 0. The van der Waals surface area contributed by atoms with E-state index in [0.29, 0.717) is 10.8 Å². The van der Waals surface area contributed by atoms with Crippen LogP contribution in [0.4, 0.5) is 0 Å². The lowest BCUT2D eigenvalue weighted by Crippen LogP contribution is -2.27. The zero-order valence-corrected chi connectivity index (χ0v) is 15.3. The molecule has 0 aromatic heterocycles. The van der Waals surface area contributed by atoms with Crippen LogP contribution in [-0.4, -0.2) is 0 Å². The predicted octanol–water partition coefficient (Wildman–Crippen LogP) is 6.94. The van der Waals surface area contributed by atoms with Crippen molar-refractivity contribution in [3.05, 3.63) is 0 Å². The van der Waals surface area contributed by atoms with Gasteiger partial charge in [0.2, 0.25) is 0 Å². The molecular formula is C19H40. The molecule has 0 spiro atoms. The lowest BCUT2D eigenvalue weighted by atomic mass is 9.68. The molecule has 0 heterocycles. The summed E-state index contributed by atoms with van der Waals surface area (Å²) in [4.78, 5) is 0. The van der Waals surface area contributed by atoms with Gasteiger partial charge in [0, 0.05) is 0 Å². The van der Waals surface area contributed by atoms with E-state index < -0.39 is 0 Å². The SMILES string of the molecule is CCC(CC)(CCC(C)CC(C)C(C)(C)C)C(C)C. The molecule has 2 unspecified atom stereocenters. The Morgan fingerprint density at radius 2 is 1.32 bits per heavy atom. The van der Waals surface area contributed by atoms with Crippen LogP contribution in [0.25, 0.3) is 0 Å². The Bertz CT molecular complexity index is 227. The molecule has 0 fully saturated rings. The van der Waals surface area contributed by atoms with E-state index in [4.69, 9.17) is 0 Å². The number of hydrogen-bond acceptors (Lipinski definition) is 0. The van der Waals surface area contributed by atoms with Crippen LogP contribution in [0.2, 0.25) is 0 Å². The molecule has 0 aliphatic carbocycles. The summed E-state index contributed by atoms with van der Waals surface area (Å²) in [5.74, 6) is 2.50. The van der Waals surface area contributed by atoms with Crippen LogP contribution in [0.5, 0.6) is 0 Å². The van der Waals surface area contributed by atoms with E-state index >= 15 is 0 Å². The lowest BCUT2D eigenvalue weighted by molar-refractivity contribution is 0.132. The van der Waals surface area contributed by atoms with Crippen molar-refractivity contribution < 1.29 is 0 Å². The van der Waals surface area contributed by atoms with Crippen LogP contribution in [0.3, 0.4) is 0 Å². The summed E-state index contributed by atoms with van der Waals surface area (Å²) in [6.07, 6.45) is 6.87. The third-order valence-electron chi connectivity index (χ3n) is 6.00. The minimum Gasteiger partial charge on any atom is -0.0648 e. The Morgan fingerprint density at radius 1 is 0.842 bits per heavy atom. The van der Waals surface area contributed by atoms with Gasteiger partial charge in [0.1, 0.15) is 0 Å². The zero-order chi connectivity index (χ0) is 15.3. The molecule has 0 saturated carbocycles. The van der Waals surface area contributed by atoms with Crippen LogP contribution in [0, 0.1) is 28.6 Å². The smallest absolute Gasteiger partial charge is 0.0280 e. The first-order chi connectivity index (χ1) is 8.59. The second-order valence-electron chi connectivity index (χ2n) is 8.37. The van der Waals surface area contributed by atoms with Gasteiger partial charge in [0.25, 0.3) is 0 Å². The molecule has 0 bridgehead atoms. The van der Waals surface area contributed by atoms with Crippen molar-refractivity contribution in [2.45, 2.75) is 94.4 Å². The summed E-state index contributed by atoms with van der Waals surface area (Å²) in [5, 5.41) is 0. The summed E-state index contributed by atoms with van der Waals surface area (Å²) >= 11 is 0. The molecule has 19 heavy (non-hydrogen) atoms. The quantitative estimate of drug-likeness (QED) is 0.447. The third kappa shape index (κ3) is 5.88. The molecule has 0 saturated heterocycles. The maximum atomic E-state index is 2.46. The molecule has 116 valence electrons. The zero-order valence-electron chi connectivity index (χ0n) is 15.3. The molecule has 0 aromatic carbocycles. The van der Waals surface area contributed by atoms with Crippen LogP contribution >= 0.6 is 0 Å². The highest BCUT2D eigenvalue weighted by Crippen LogP contribution is 2.41. The highest BCUT2D eigenvalue weighted by Gasteiger charge is 2.30. The van der Waals surface area contributed by atoms with Gasteiger partial charge in [-0.05, 0) is 41.4 Å². The van der Waals surface area contributed by atoms with E-state index in [1.54, 1.807) is 0 Å². The Labute approximate surface area is 123 Å². The van der Waals surface area contributed by atoms with Gasteiger partial charge >= 0.3 is 0 Å². The summed E-state index contributed by atoms with van der Waals surface area (Å²) in [6, 6.07) is 0. The minimum absolute atomic E-state index is 0.457. The topological polar surface area (TPSA) is 0 Å². The van der Waals surface area contributed by atoms with Gasteiger partial charge in [-0.3, -0.25) is 0 Å². The first-order valence-electron chi connectivity index (χ1n) is 8.59. The van der Waals surface area contributed by atoms with Gasteiger partial charge in [-0.25, -0.2) is 0 Å². The standard InChI is InChI=1S/C19H40/c1-10-19(11-2,15(3)4)13-12-16(5)14-17(6)18(7,8)9/h15-17H,10-14H2,1-9H3. The van der Waals surface area contributed by atoms with E-state index in [1.165, 1.54) is 32.1 Å². The molecule has 0 rings (SSSR count). The van der Waals surface area contributed by atoms with E-state index in [-0.39, 0.29) is 0 Å². The fourth-order valence-corrected chi connectivity index (χ4v) is 3.32. The third-order valence-corrected chi connectivity index (χ3v) is 6.00. The fraction of sp³-hybridized carbons (Fsp3) is 1.00. The molecule has 0 nitrogen and oxygen atoms in total. The molecule has 0 radical (unpaired) electrons. The van der Waals surface area contributed by atoms with E-state index in [9.17, 15) is 0 Å². The Hall–Kier alpha value is 0. The largest absolute Gasteiger partial charge is 0.0648 e. The van der Waals surface area contributed by atoms with Gasteiger partial charge in [-0.15, -0.1) is 0 Å². The van der Waals surface area contributed by atoms with Gasteiger partial charge in [0.05, 0.1) is 0 Å². The highest BCUT2D eigenvalue weighted by atomic mass is 14.4. The minimum atomic E-state index is 0.457. The average Bonchev–Trinajstić information content (AvgIpc) is 2.29. The summed E-state index contributed by atoms with van der Waals surface area (Å²) in [5.41, 5.74) is 1.04.